The molecule has 1 N–H and O–H groups in total. The van der Waals surface area contributed by atoms with Gasteiger partial charge in [-0.25, -0.2) is 4.79 Å². The van der Waals surface area contributed by atoms with E-state index in [0.29, 0.717) is 0 Å². The molecule has 0 bridgehead atoms. The highest BCUT2D eigenvalue weighted by Gasteiger charge is 2.20. The van der Waals surface area contributed by atoms with Gasteiger partial charge in [0.2, 0.25) is 5.75 Å². The van der Waals surface area contributed by atoms with Crippen molar-refractivity contribution in [2.45, 2.75) is 32.7 Å². The predicted molar refractivity (Wildman–Crippen MR) is 114 cm³/mol. The number of nitro benzene ring substituents is 1. The Morgan fingerprint density at radius 2 is 1.87 bits per heavy atom. The molecule has 0 saturated heterocycles. The summed E-state index contributed by atoms with van der Waals surface area (Å²) in [5.74, 6) is -0.854. The first-order valence-corrected chi connectivity index (χ1v) is 9.89. The summed E-state index contributed by atoms with van der Waals surface area (Å²) < 4.78 is 15.9. The number of hydrogen-bond acceptors (Lipinski definition) is 7. The van der Waals surface area contributed by atoms with Crippen LogP contribution in [0, 0.1) is 10.1 Å². The van der Waals surface area contributed by atoms with Crippen molar-refractivity contribution in [3.05, 3.63) is 57.1 Å². The van der Waals surface area contributed by atoms with Gasteiger partial charge in [0.05, 0.1) is 17.6 Å². The number of methoxy groups -OCH3 is 1. The zero-order valence-electron chi connectivity index (χ0n) is 17.3. The van der Waals surface area contributed by atoms with E-state index in [1.54, 1.807) is 0 Å². The van der Waals surface area contributed by atoms with Crippen LogP contribution in [0.5, 0.6) is 17.2 Å². The largest absolute Gasteiger partial charge is 0.493 e. The van der Waals surface area contributed by atoms with Crippen LogP contribution in [0.4, 0.5) is 5.69 Å². The van der Waals surface area contributed by atoms with Gasteiger partial charge in [-0.15, -0.1) is 0 Å². The normalized spacial score (nSPS) is 11.4. The fraction of sp³-hybridized carbons (Fsp3) is 0.333. The molecule has 0 aliphatic rings. The Balaban J connectivity index is 2.10. The van der Waals surface area contributed by atoms with Gasteiger partial charge in [0.25, 0.3) is 5.91 Å². The second-order valence-electron chi connectivity index (χ2n) is 6.67. The molecule has 2 aromatic rings. The molecule has 2 rings (SSSR count). The van der Waals surface area contributed by atoms with Crippen LogP contribution in [0.1, 0.15) is 37.0 Å². The SMILES string of the molecule is CCCC(C)NC(=O)COC(=O)c1ccc(Oc2ccc(Cl)cc2[N+](=O)[O-])c(OC)c1. The highest BCUT2D eigenvalue weighted by atomic mass is 35.5. The van der Waals surface area contributed by atoms with Crippen molar-refractivity contribution in [3.63, 3.8) is 0 Å². The van der Waals surface area contributed by atoms with E-state index >= 15 is 0 Å². The number of amides is 1. The Kier molecular flexibility index (Phi) is 8.63. The highest BCUT2D eigenvalue weighted by molar-refractivity contribution is 6.30. The standard InChI is InChI=1S/C21H23ClN2O7/c1-4-5-13(2)23-20(25)12-30-21(26)14-6-8-18(19(10-14)29-3)31-17-9-7-15(22)11-16(17)24(27)28/h6-11,13H,4-5,12H2,1-3H3,(H,23,25). The van der Waals surface area contributed by atoms with E-state index in [1.165, 1.54) is 43.5 Å². The summed E-state index contributed by atoms with van der Waals surface area (Å²) >= 11 is 5.81. The first-order chi connectivity index (χ1) is 14.7. The molecule has 1 atom stereocenters. The second kappa shape index (κ2) is 11.2. The number of hydrogen-bond donors (Lipinski definition) is 1. The minimum atomic E-state index is -0.722. The monoisotopic (exact) mass is 450 g/mol. The van der Waals surface area contributed by atoms with Gasteiger partial charge in [-0.3, -0.25) is 14.9 Å². The van der Waals surface area contributed by atoms with E-state index in [9.17, 15) is 19.7 Å². The number of rotatable bonds is 10. The fourth-order valence-corrected chi connectivity index (χ4v) is 2.92. The van der Waals surface area contributed by atoms with Gasteiger partial charge in [0, 0.05) is 17.1 Å². The molecule has 2 aromatic carbocycles. The van der Waals surface area contributed by atoms with Gasteiger partial charge in [-0.05, 0) is 43.7 Å². The summed E-state index contributed by atoms with van der Waals surface area (Å²) in [6.07, 6.45) is 1.75. The van der Waals surface area contributed by atoms with Gasteiger partial charge in [0.1, 0.15) is 0 Å². The molecular weight excluding hydrogens is 428 g/mol. The molecule has 10 heteroatoms. The molecule has 31 heavy (non-hydrogen) atoms. The Bertz CT molecular complexity index is 965. The van der Waals surface area contributed by atoms with Crippen molar-refractivity contribution in [3.8, 4) is 17.2 Å². The lowest BCUT2D eigenvalue weighted by atomic mass is 10.2. The maximum atomic E-state index is 12.3. The molecule has 0 spiro atoms. The number of benzene rings is 2. The third-order valence-corrected chi connectivity index (χ3v) is 4.44. The number of nitrogens with zero attached hydrogens (tertiary/aromatic N) is 1. The molecule has 1 unspecified atom stereocenters. The van der Waals surface area contributed by atoms with Crippen molar-refractivity contribution in [1.29, 1.82) is 0 Å². The topological polar surface area (TPSA) is 117 Å². The van der Waals surface area contributed by atoms with E-state index in [0.717, 1.165) is 12.8 Å². The quantitative estimate of drug-likeness (QED) is 0.321. The number of carbonyl (C=O) groups is 2. The lowest BCUT2D eigenvalue weighted by molar-refractivity contribution is -0.385. The van der Waals surface area contributed by atoms with Crippen LogP contribution in [0.25, 0.3) is 0 Å². The minimum Gasteiger partial charge on any atom is -0.493 e. The number of ether oxygens (including phenoxy) is 3. The van der Waals surface area contributed by atoms with E-state index < -0.39 is 23.4 Å². The van der Waals surface area contributed by atoms with Crippen molar-refractivity contribution in [2.24, 2.45) is 0 Å². The lowest BCUT2D eigenvalue weighted by Gasteiger charge is -2.13. The van der Waals surface area contributed by atoms with E-state index in [4.69, 9.17) is 25.8 Å². The van der Waals surface area contributed by atoms with Gasteiger partial charge in [-0.1, -0.05) is 24.9 Å². The Hall–Kier alpha value is -3.33. The molecule has 0 aliphatic heterocycles. The maximum Gasteiger partial charge on any atom is 0.338 e. The molecule has 166 valence electrons. The van der Waals surface area contributed by atoms with E-state index in [2.05, 4.69) is 5.32 Å². The smallest absolute Gasteiger partial charge is 0.338 e. The molecule has 0 fully saturated rings. The molecule has 0 aliphatic carbocycles. The third kappa shape index (κ3) is 6.85. The van der Waals surface area contributed by atoms with Gasteiger partial charge >= 0.3 is 11.7 Å². The van der Waals surface area contributed by atoms with E-state index in [-0.39, 0.29) is 39.6 Å². The molecule has 0 radical (unpaired) electrons. The fourth-order valence-electron chi connectivity index (χ4n) is 2.75. The summed E-state index contributed by atoms with van der Waals surface area (Å²) in [5, 5.41) is 14.2. The average Bonchev–Trinajstić information content (AvgIpc) is 2.73. The first kappa shape index (κ1) is 23.9. The van der Waals surface area contributed by atoms with Crippen LogP contribution in [-0.2, 0) is 9.53 Å². The zero-order chi connectivity index (χ0) is 23.0. The van der Waals surface area contributed by atoms with Crippen molar-refractivity contribution in [2.75, 3.05) is 13.7 Å². The second-order valence-corrected chi connectivity index (χ2v) is 7.11. The number of nitrogens with one attached hydrogen (secondary N) is 1. The summed E-state index contributed by atoms with van der Waals surface area (Å²) in [6.45, 7) is 3.47. The lowest BCUT2D eigenvalue weighted by Crippen LogP contribution is -2.35. The third-order valence-electron chi connectivity index (χ3n) is 4.20. The van der Waals surface area contributed by atoms with Crippen molar-refractivity contribution in [1.82, 2.24) is 5.32 Å². The molecule has 0 saturated carbocycles. The molecule has 0 aromatic heterocycles. The number of halogens is 1. The molecule has 1 amide bonds. The number of esters is 1. The molecule has 0 heterocycles. The highest BCUT2D eigenvalue weighted by Crippen LogP contribution is 2.37. The van der Waals surface area contributed by atoms with Crippen LogP contribution in [0.3, 0.4) is 0 Å². The Labute approximate surface area is 184 Å². The summed E-state index contributed by atoms with van der Waals surface area (Å²) in [7, 11) is 1.36. The Morgan fingerprint density at radius 1 is 1.16 bits per heavy atom. The zero-order valence-corrected chi connectivity index (χ0v) is 18.1. The average molecular weight is 451 g/mol. The number of nitro groups is 1. The number of carbonyl (C=O) groups excluding carboxylic acids is 2. The summed E-state index contributed by atoms with van der Waals surface area (Å²) in [5.41, 5.74) is -0.189. The van der Waals surface area contributed by atoms with Crippen LogP contribution >= 0.6 is 11.6 Å². The molecular formula is C21H23ClN2O7. The van der Waals surface area contributed by atoms with Gasteiger partial charge < -0.3 is 19.5 Å². The van der Waals surface area contributed by atoms with Crippen molar-refractivity contribution < 1.29 is 28.7 Å². The van der Waals surface area contributed by atoms with Crippen LogP contribution in [-0.4, -0.2) is 36.6 Å². The Morgan fingerprint density at radius 3 is 2.52 bits per heavy atom. The maximum absolute atomic E-state index is 12.3. The van der Waals surface area contributed by atoms with Gasteiger partial charge in [-0.2, -0.15) is 0 Å². The predicted octanol–water partition coefficient (Wildman–Crippen LogP) is 4.51. The minimum absolute atomic E-state index is 0.00958. The van der Waals surface area contributed by atoms with Crippen LogP contribution < -0.4 is 14.8 Å². The summed E-state index contributed by atoms with van der Waals surface area (Å²) in [6, 6.07) is 8.15. The van der Waals surface area contributed by atoms with Crippen LogP contribution in [0.15, 0.2) is 36.4 Å². The van der Waals surface area contributed by atoms with Crippen LogP contribution in [0.2, 0.25) is 5.02 Å². The first-order valence-electron chi connectivity index (χ1n) is 9.51. The van der Waals surface area contributed by atoms with Gasteiger partial charge in [0.15, 0.2) is 18.1 Å². The molecule has 9 nitrogen and oxygen atoms in total. The summed E-state index contributed by atoms with van der Waals surface area (Å²) in [4.78, 5) is 34.7. The van der Waals surface area contributed by atoms with Crippen molar-refractivity contribution >= 4 is 29.2 Å². The van der Waals surface area contributed by atoms with E-state index in [1.807, 2.05) is 13.8 Å².